The lowest BCUT2D eigenvalue weighted by Gasteiger charge is -2.07. The fourth-order valence-electron chi connectivity index (χ4n) is 2.35. The molecule has 1 atom stereocenters. The van der Waals surface area contributed by atoms with Gasteiger partial charge in [-0.2, -0.15) is 5.10 Å². The van der Waals surface area contributed by atoms with Crippen molar-refractivity contribution in [2.24, 2.45) is 5.92 Å². The first-order valence-electron chi connectivity index (χ1n) is 6.70. The van der Waals surface area contributed by atoms with Gasteiger partial charge in [-0.25, -0.2) is 4.68 Å². The van der Waals surface area contributed by atoms with Gasteiger partial charge < -0.3 is 5.32 Å². The molecule has 1 aliphatic rings. The highest BCUT2D eigenvalue weighted by Crippen LogP contribution is 2.53. The SMILES string of the molecule is Cc1nn(-c2ccccc2)c(C)c1NC(=O)C1CC1(Cl)Cl. The summed E-state index contributed by atoms with van der Waals surface area (Å²) >= 11 is 11.9. The Hall–Kier alpha value is -1.52. The molecule has 1 N–H and O–H groups in total. The van der Waals surface area contributed by atoms with Crippen LogP contribution in [-0.4, -0.2) is 20.0 Å². The predicted octanol–water partition coefficient (Wildman–Crippen LogP) is 3.62. The van der Waals surface area contributed by atoms with Crippen molar-refractivity contribution < 1.29 is 4.79 Å². The average molecular weight is 324 g/mol. The summed E-state index contributed by atoms with van der Waals surface area (Å²) in [6.45, 7) is 3.79. The molecule has 0 bridgehead atoms. The Morgan fingerprint density at radius 2 is 1.95 bits per heavy atom. The molecule has 1 aromatic carbocycles. The minimum atomic E-state index is -0.915. The van der Waals surface area contributed by atoms with Crippen molar-refractivity contribution in [2.45, 2.75) is 24.6 Å². The third-order valence-electron chi connectivity index (χ3n) is 3.68. The van der Waals surface area contributed by atoms with Crippen molar-refractivity contribution in [1.82, 2.24) is 9.78 Å². The van der Waals surface area contributed by atoms with Crippen molar-refractivity contribution in [3.8, 4) is 5.69 Å². The Bertz CT molecular complexity index is 694. The van der Waals surface area contributed by atoms with Crippen molar-refractivity contribution in [3.63, 3.8) is 0 Å². The summed E-state index contributed by atoms with van der Waals surface area (Å²) in [6, 6.07) is 9.78. The maximum atomic E-state index is 12.1. The largest absolute Gasteiger partial charge is 0.323 e. The van der Waals surface area contributed by atoms with E-state index in [9.17, 15) is 4.79 Å². The van der Waals surface area contributed by atoms with Crippen molar-refractivity contribution in [1.29, 1.82) is 0 Å². The molecule has 1 aliphatic carbocycles. The normalized spacial score (nSPS) is 19.3. The number of nitrogens with one attached hydrogen (secondary N) is 1. The molecule has 0 saturated heterocycles. The maximum Gasteiger partial charge on any atom is 0.230 e. The Labute approximate surface area is 133 Å². The van der Waals surface area contributed by atoms with Gasteiger partial charge in [0.05, 0.1) is 28.7 Å². The van der Waals surface area contributed by atoms with Crippen LogP contribution in [0.4, 0.5) is 5.69 Å². The highest BCUT2D eigenvalue weighted by atomic mass is 35.5. The summed E-state index contributed by atoms with van der Waals surface area (Å²) < 4.78 is 0.897. The van der Waals surface area contributed by atoms with E-state index in [4.69, 9.17) is 23.2 Å². The standard InChI is InChI=1S/C15H15Cl2N3O/c1-9-13(18-14(21)12-8-15(12,16)17)10(2)20(19-9)11-6-4-3-5-7-11/h3-7,12H,8H2,1-2H3,(H,18,21). The molecule has 1 saturated carbocycles. The van der Waals surface area contributed by atoms with Gasteiger partial charge in [0.1, 0.15) is 4.33 Å². The van der Waals surface area contributed by atoms with Crippen molar-refractivity contribution in [2.75, 3.05) is 5.32 Å². The van der Waals surface area contributed by atoms with Gasteiger partial charge in [0.25, 0.3) is 0 Å². The Morgan fingerprint density at radius 3 is 2.52 bits per heavy atom. The lowest BCUT2D eigenvalue weighted by Crippen LogP contribution is -2.17. The molecule has 6 heteroatoms. The lowest BCUT2D eigenvalue weighted by molar-refractivity contribution is -0.117. The number of carbonyl (C=O) groups is 1. The number of hydrogen-bond donors (Lipinski definition) is 1. The van der Waals surface area contributed by atoms with Gasteiger partial charge in [-0.3, -0.25) is 4.79 Å². The molecule has 0 aliphatic heterocycles. The van der Waals surface area contributed by atoms with Crippen LogP contribution in [-0.2, 0) is 4.79 Å². The average Bonchev–Trinajstić information content (AvgIpc) is 3.01. The number of benzene rings is 1. The van der Waals surface area contributed by atoms with Gasteiger partial charge in [0.2, 0.25) is 5.91 Å². The molecular formula is C15H15Cl2N3O. The number of para-hydroxylation sites is 1. The minimum Gasteiger partial charge on any atom is -0.323 e. The molecule has 0 radical (unpaired) electrons. The fraction of sp³-hybridized carbons (Fsp3) is 0.333. The Morgan fingerprint density at radius 1 is 1.33 bits per heavy atom. The molecule has 2 aromatic rings. The molecule has 1 fully saturated rings. The van der Waals surface area contributed by atoms with Gasteiger partial charge in [0, 0.05) is 0 Å². The molecule has 3 rings (SSSR count). The maximum absolute atomic E-state index is 12.1. The summed E-state index contributed by atoms with van der Waals surface area (Å²) in [7, 11) is 0. The zero-order chi connectivity index (χ0) is 15.2. The Balaban J connectivity index is 1.87. The highest BCUT2D eigenvalue weighted by Gasteiger charge is 2.56. The summed E-state index contributed by atoms with van der Waals surface area (Å²) in [6.07, 6.45) is 0.493. The molecule has 4 nitrogen and oxygen atoms in total. The fourth-order valence-corrected chi connectivity index (χ4v) is 2.86. The minimum absolute atomic E-state index is 0.154. The van der Waals surface area contributed by atoms with Gasteiger partial charge in [-0.1, -0.05) is 18.2 Å². The third-order valence-corrected chi connectivity index (χ3v) is 4.52. The summed E-state index contributed by atoms with van der Waals surface area (Å²) in [5.41, 5.74) is 3.32. The first kappa shape index (κ1) is 14.4. The van der Waals surface area contributed by atoms with Crippen LogP contribution in [0, 0.1) is 19.8 Å². The number of halogens is 2. The number of amides is 1. The van der Waals surface area contributed by atoms with Crippen LogP contribution in [0.1, 0.15) is 17.8 Å². The second-order valence-corrected chi connectivity index (χ2v) is 6.84. The molecule has 1 heterocycles. The van der Waals surface area contributed by atoms with Gasteiger partial charge in [-0.05, 0) is 32.4 Å². The second kappa shape index (κ2) is 5.04. The third kappa shape index (κ3) is 2.65. The van der Waals surface area contributed by atoms with Gasteiger partial charge in [-0.15, -0.1) is 23.2 Å². The predicted molar refractivity (Wildman–Crippen MR) is 84.2 cm³/mol. The molecular weight excluding hydrogens is 309 g/mol. The van der Waals surface area contributed by atoms with Crippen LogP contribution in [0.15, 0.2) is 30.3 Å². The van der Waals surface area contributed by atoms with E-state index < -0.39 is 4.33 Å². The quantitative estimate of drug-likeness (QED) is 0.877. The smallest absolute Gasteiger partial charge is 0.230 e. The van der Waals surface area contributed by atoms with Crippen LogP contribution in [0.2, 0.25) is 0 Å². The summed E-state index contributed by atoms with van der Waals surface area (Å²) in [5, 5.41) is 7.38. The van der Waals surface area contributed by atoms with Crippen LogP contribution >= 0.6 is 23.2 Å². The number of hydrogen-bond acceptors (Lipinski definition) is 2. The van der Waals surface area contributed by atoms with Crippen LogP contribution in [0.3, 0.4) is 0 Å². The van der Waals surface area contributed by atoms with Crippen LogP contribution < -0.4 is 5.32 Å². The Kier molecular flexibility index (Phi) is 3.46. The van der Waals surface area contributed by atoms with E-state index in [1.54, 1.807) is 0 Å². The monoisotopic (exact) mass is 323 g/mol. The molecule has 21 heavy (non-hydrogen) atoms. The van der Waals surface area contributed by atoms with E-state index in [1.165, 1.54) is 0 Å². The lowest BCUT2D eigenvalue weighted by atomic mass is 10.2. The first-order chi connectivity index (χ1) is 9.90. The van der Waals surface area contributed by atoms with Crippen molar-refractivity contribution in [3.05, 3.63) is 41.7 Å². The number of aromatic nitrogens is 2. The molecule has 110 valence electrons. The number of nitrogens with zero attached hydrogens (tertiary/aromatic N) is 2. The molecule has 0 spiro atoms. The van der Waals surface area contributed by atoms with E-state index in [0.29, 0.717) is 6.42 Å². The number of rotatable bonds is 3. The summed E-state index contributed by atoms with van der Waals surface area (Å²) in [5.74, 6) is -0.501. The zero-order valence-electron chi connectivity index (χ0n) is 11.7. The highest BCUT2D eigenvalue weighted by molar-refractivity contribution is 6.52. The number of aryl methyl sites for hydroxylation is 1. The topological polar surface area (TPSA) is 46.9 Å². The van der Waals surface area contributed by atoms with E-state index in [0.717, 1.165) is 22.8 Å². The number of alkyl halides is 2. The summed E-state index contributed by atoms with van der Waals surface area (Å²) in [4.78, 5) is 12.1. The van der Waals surface area contributed by atoms with Crippen LogP contribution in [0.25, 0.3) is 5.69 Å². The first-order valence-corrected chi connectivity index (χ1v) is 7.46. The van der Waals surface area contributed by atoms with E-state index in [-0.39, 0.29) is 11.8 Å². The van der Waals surface area contributed by atoms with E-state index >= 15 is 0 Å². The molecule has 1 unspecified atom stereocenters. The number of carbonyl (C=O) groups excluding carboxylic acids is 1. The van der Waals surface area contributed by atoms with E-state index in [2.05, 4.69) is 10.4 Å². The van der Waals surface area contributed by atoms with Gasteiger partial charge >= 0.3 is 0 Å². The molecule has 1 aromatic heterocycles. The number of anilines is 1. The zero-order valence-corrected chi connectivity index (χ0v) is 13.2. The van der Waals surface area contributed by atoms with Crippen molar-refractivity contribution >= 4 is 34.8 Å². The van der Waals surface area contributed by atoms with Gasteiger partial charge in [0.15, 0.2) is 0 Å². The second-order valence-electron chi connectivity index (χ2n) is 5.30. The van der Waals surface area contributed by atoms with E-state index in [1.807, 2.05) is 48.9 Å². The molecule has 1 amide bonds. The van der Waals surface area contributed by atoms with Crippen LogP contribution in [0.5, 0.6) is 0 Å².